The molecule has 0 fully saturated rings. The van der Waals surface area contributed by atoms with Crippen molar-refractivity contribution in [2.24, 2.45) is 0 Å². The lowest BCUT2D eigenvalue weighted by Crippen LogP contribution is -2.25. The molecule has 2 aromatic heterocycles. The number of aryl methyl sites for hydroxylation is 2. The highest BCUT2D eigenvalue weighted by molar-refractivity contribution is 6.29. The maximum atomic E-state index is 11.9. The zero-order valence-corrected chi connectivity index (χ0v) is 10.2. The minimum atomic E-state index is -0.345. The fourth-order valence-electron chi connectivity index (χ4n) is 1.46. The minimum Gasteiger partial charge on any atom is -0.266 e. The molecule has 2 heterocycles. The predicted octanol–water partition coefficient (Wildman–Crippen LogP) is 1.93. The van der Waals surface area contributed by atoms with Gasteiger partial charge in [0, 0.05) is 11.4 Å². The quantitative estimate of drug-likeness (QED) is 0.886. The number of rotatable bonds is 2. The molecule has 17 heavy (non-hydrogen) atoms. The molecule has 0 aliphatic heterocycles. The molecule has 0 radical (unpaired) electrons. The molecule has 0 saturated heterocycles. The van der Waals surface area contributed by atoms with Gasteiger partial charge in [-0.15, -0.1) is 0 Å². The first-order valence-corrected chi connectivity index (χ1v) is 5.39. The molecule has 0 bridgehead atoms. The molecule has 0 unspecified atom stereocenters. The Morgan fingerprint density at radius 2 is 1.94 bits per heavy atom. The van der Waals surface area contributed by atoms with Crippen LogP contribution in [0, 0.1) is 13.8 Å². The number of halogens is 1. The topological polar surface area (TPSA) is 59.8 Å². The van der Waals surface area contributed by atoms with E-state index in [1.807, 2.05) is 26.0 Å². The zero-order valence-electron chi connectivity index (χ0n) is 9.44. The Kier molecular flexibility index (Phi) is 3.10. The van der Waals surface area contributed by atoms with Gasteiger partial charge in [0.05, 0.1) is 12.4 Å². The van der Waals surface area contributed by atoms with E-state index in [0.29, 0.717) is 0 Å². The molecule has 88 valence electrons. The molecule has 6 heteroatoms. The molecule has 0 atom stereocenters. The summed E-state index contributed by atoms with van der Waals surface area (Å²) in [6.07, 6.45) is 2.75. The van der Waals surface area contributed by atoms with Crippen molar-refractivity contribution >= 4 is 17.5 Å². The fourth-order valence-corrected chi connectivity index (χ4v) is 1.60. The second-order valence-corrected chi connectivity index (χ2v) is 4.01. The number of amides is 1. The molecule has 0 aliphatic rings. The van der Waals surface area contributed by atoms with Gasteiger partial charge in [0.2, 0.25) is 0 Å². The number of nitrogens with one attached hydrogen (secondary N) is 1. The maximum Gasteiger partial charge on any atom is 0.290 e. The van der Waals surface area contributed by atoms with E-state index in [4.69, 9.17) is 11.6 Å². The highest BCUT2D eigenvalue weighted by Crippen LogP contribution is 2.06. The van der Waals surface area contributed by atoms with Gasteiger partial charge < -0.3 is 0 Å². The lowest BCUT2D eigenvalue weighted by Gasteiger charge is -2.10. The monoisotopic (exact) mass is 250 g/mol. The third kappa shape index (κ3) is 2.45. The summed E-state index contributed by atoms with van der Waals surface area (Å²) in [7, 11) is 0. The van der Waals surface area contributed by atoms with Gasteiger partial charge in [-0.05, 0) is 26.0 Å². The summed E-state index contributed by atoms with van der Waals surface area (Å²) in [4.78, 5) is 19.6. The largest absolute Gasteiger partial charge is 0.290 e. The standard InChI is InChI=1S/C11H11ClN4O/c1-7-3-4-8(2)16(7)15-11(17)9-5-13-6-10(12)14-9/h3-6H,1-2H3,(H,15,17). The summed E-state index contributed by atoms with van der Waals surface area (Å²) < 4.78 is 1.69. The molecule has 0 saturated carbocycles. The van der Waals surface area contributed by atoms with Gasteiger partial charge in [-0.1, -0.05) is 11.6 Å². The summed E-state index contributed by atoms with van der Waals surface area (Å²) in [6.45, 7) is 3.80. The average Bonchev–Trinajstić information content (AvgIpc) is 2.61. The first-order chi connectivity index (χ1) is 8.08. The molecule has 5 nitrogen and oxygen atoms in total. The van der Waals surface area contributed by atoms with Gasteiger partial charge in [0.15, 0.2) is 0 Å². The summed E-state index contributed by atoms with van der Waals surface area (Å²) in [6, 6.07) is 3.83. The van der Waals surface area contributed by atoms with Crippen LogP contribution in [0.15, 0.2) is 24.5 Å². The number of nitrogens with zero attached hydrogens (tertiary/aromatic N) is 3. The van der Waals surface area contributed by atoms with Gasteiger partial charge in [0.1, 0.15) is 10.8 Å². The van der Waals surface area contributed by atoms with Crippen LogP contribution in [0.4, 0.5) is 0 Å². The van der Waals surface area contributed by atoms with Crippen molar-refractivity contribution in [2.75, 3.05) is 5.43 Å². The molecule has 0 aliphatic carbocycles. The first-order valence-electron chi connectivity index (χ1n) is 5.02. The summed E-state index contributed by atoms with van der Waals surface area (Å²) in [5, 5.41) is 0.193. The van der Waals surface area contributed by atoms with E-state index in [2.05, 4.69) is 15.4 Å². The Balaban J connectivity index is 2.23. The van der Waals surface area contributed by atoms with Crippen LogP contribution in [-0.2, 0) is 0 Å². The minimum absolute atomic E-state index is 0.185. The Morgan fingerprint density at radius 3 is 2.53 bits per heavy atom. The molecule has 2 rings (SSSR count). The highest BCUT2D eigenvalue weighted by Gasteiger charge is 2.10. The van der Waals surface area contributed by atoms with Crippen molar-refractivity contribution in [3.05, 3.63) is 46.8 Å². The van der Waals surface area contributed by atoms with Crippen molar-refractivity contribution in [1.82, 2.24) is 14.6 Å². The van der Waals surface area contributed by atoms with E-state index < -0.39 is 0 Å². The molecular formula is C11H11ClN4O. The second kappa shape index (κ2) is 4.55. The van der Waals surface area contributed by atoms with Crippen LogP contribution >= 0.6 is 11.6 Å². The predicted molar refractivity (Wildman–Crippen MR) is 64.6 cm³/mol. The van der Waals surface area contributed by atoms with Crippen molar-refractivity contribution < 1.29 is 4.79 Å². The third-order valence-corrected chi connectivity index (χ3v) is 2.50. The normalized spacial score (nSPS) is 10.3. The summed E-state index contributed by atoms with van der Waals surface area (Å²) in [5.74, 6) is -0.345. The zero-order chi connectivity index (χ0) is 12.4. The van der Waals surface area contributed by atoms with Gasteiger partial charge >= 0.3 is 0 Å². The number of aromatic nitrogens is 3. The smallest absolute Gasteiger partial charge is 0.266 e. The second-order valence-electron chi connectivity index (χ2n) is 3.62. The van der Waals surface area contributed by atoms with Crippen molar-refractivity contribution in [3.8, 4) is 0 Å². The van der Waals surface area contributed by atoms with Gasteiger partial charge in [-0.3, -0.25) is 19.9 Å². The Labute approximate surface area is 103 Å². The molecule has 0 spiro atoms. The van der Waals surface area contributed by atoms with Crippen LogP contribution in [0.5, 0.6) is 0 Å². The lowest BCUT2D eigenvalue weighted by molar-refractivity contribution is 0.100. The molecule has 1 N–H and O–H groups in total. The van der Waals surface area contributed by atoms with Crippen LogP contribution in [0.1, 0.15) is 21.9 Å². The number of carbonyl (C=O) groups is 1. The van der Waals surface area contributed by atoms with Crippen molar-refractivity contribution in [3.63, 3.8) is 0 Å². The first kappa shape index (κ1) is 11.6. The number of hydrogen-bond donors (Lipinski definition) is 1. The van der Waals surface area contributed by atoms with Crippen LogP contribution in [0.25, 0.3) is 0 Å². The van der Waals surface area contributed by atoms with Crippen molar-refractivity contribution in [1.29, 1.82) is 0 Å². The van der Waals surface area contributed by atoms with Crippen LogP contribution in [0.2, 0.25) is 5.15 Å². The average molecular weight is 251 g/mol. The van der Waals surface area contributed by atoms with Gasteiger partial charge in [-0.25, -0.2) is 4.98 Å². The Bertz CT molecular complexity index is 545. The number of hydrogen-bond acceptors (Lipinski definition) is 3. The van der Waals surface area contributed by atoms with E-state index in [0.717, 1.165) is 11.4 Å². The number of carbonyl (C=O) groups excluding carboxylic acids is 1. The fraction of sp³-hybridized carbons (Fsp3) is 0.182. The summed E-state index contributed by atoms with van der Waals surface area (Å²) >= 11 is 5.67. The molecular weight excluding hydrogens is 240 g/mol. The van der Waals surface area contributed by atoms with Crippen molar-refractivity contribution in [2.45, 2.75) is 13.8 Å². The highest BCUT2D eigenvalue weighted by atomic mass is 35.5. The molecule has 2 aromatic rings. The van der Waals surface area contributed by atoms with Crippen LogP contribution in [-0.4, -0.2) is 20.6 Å². The summed E-state index contributed by atoms with van der Waals surface area (Å²) in [5.41, 5.74) is 4.78. The SMILES string of the molecule is Cc1ccc(C)n1NC(=O)c1cncc(Cl)n1. The molecule has 0 aromatic carbocycles. The van der Waals surface area contributed by atoms with E-state index in [-0.39, 0.29) is 16.8 Å². The van der Waals surface area contributed by atoms with Crippen LogP contribution in [0.3, 0.4) is 0 Å². The van der Waals surface area contributed by atoms with E-state index in [1.54, 1.807) is 4.68 Å². The third-order valence-electron chi connectivity index (χ3n) is 2.32. The van der Waals surface area contributed by atoms with E-state index >= 15 is 0 Å². The molecule has 1 amide bonds. The Morgan fingerprint density at radius 1 is 1.29 bits per heavy atom. The van der Waals surface area contributed by atoms with Gasteiger partial charge in [-0.2, -0.15) is 0 Å². The Hall–Kier alpha value is -1.88. The van der Waals surface area contributed by atoms with Crippen LogP contribution < -0.4 is 5.43 Å². The van der Waals surface area contributed by atoms with E-state index in [9.17, 15) is 4.79 Å². The maximum absolute atomic E-state index is 11.9. The lowest BCUT2D eigenvalue weighted by atomic mass is 10.4. The van der Waals surface area contributed by atoms with Gasteiger partial charge in [0.25, 0.3) is 5.91 Å². The van der Waals surface area contributed by atoms with E-state index in [1.165, 1.54) is 12.4 Å².